The molecule has 0 aliphatic carbocycles. The molecule has 1 aromatic carbocycles. The molecule has 2 rings (SSSR count). The van der Waals surface area contributed by atoms with Crippen molar-refractivity contribution in [3.05, 3.63) is 59.3 Å². The smallest absolute Gasteiger partial charge is 0.297 e. The molecule has 0 spiro atoms. The lowest BCUT2D eigenvalue weighted by Crippen LogP contribution is -2.36. The van der Waals surface area contributed by atoms with Gasteiger partial charge in [-0.3, -0.25) is 9.78 Å². The Morgan fingerprint density at radius 1 is 1.24 bits per heavy atom. The summed E-state index contributed by atoms with van der Waals surface area (Å²) < 4.78 is 2.11. The van der Waals surface area contributed by atoms with E-state index in [2.05, 4.69) is 20.9 Å². The largest absolute Gasteiger partial charge is 0.334 e. The van der Waals surface area contributed by atoms with Gasteiger partial charge in [-0.05, 0) is 43.5 Å². The molecule has 1 aromatic heterocycles. The van der Waals surface area contributed by atoms with Crippen LogP contribution >= 0.6 is 27.5 Å². The lowest BCUT2D eigenvalue weighted by atomic mass is 10.1. The van der Waals surface area contributed by atoms with Crippen LogP contribution in [0.3, 0.4) is 0 Å². The maximum atomic E-state index is 12.6. The third-order valence-corrected chi connectivity index (χ3v) is 4.90. The number of nitrogens with one attached hydrogen (secondary N) is 1. The zero-order valence-electron chi connectivity index (χ0n) is 12.1. The number of H-pyrrole nitrogens is 1. The summed E-state index contributed by atoms with van der Waals surface area (Å²) in [5.74, 6) is 0. The van der Waals surface area contributed by atoms with E-state index in [4.69, 9.17) is 11.6 Å². The van der Waals surface area contributed by atoms with Gasteiger partial charge in [-0.25, -0.2) is 9.36 Å². The van der Waals surface area contributed by atoms with E-state index >= 15 is 0 Å². The van der Waals surface area contributed by atoms with Crippen LogP contribution in [0.5, 0.6) is 0 Å². The maximum Gasteiger partial charge on any atom is 0.334 e. The third-order valence-electron chi connectivity index (χ3n) is 3.33. The second-order valence-corrected chi connectivity index (χ2v) is 6.18. The van der Waals surface area contributed by atoms with Gasteiger partial charge in [-0.15, -0.1) is 0 Å². The summed E-state index contributed by atoms with van der Waals surface area (Å²) in [5, 5.41) is 0.133. The van der Waals surface area contributed by atoms with Crippen molar-refractivity contribution in [2.75, 3.05) is 0 Å². The molecule has 0 saturated heterocycles. The molecule has 0 unspecified atom stereocenters. The van der Waals surface area contributed by atoms with Crippen molar-refractivity contribution in [2.45, 2.75) is 33.6 Å². The van der Waals surface area contributed by atoms with Crippen molar-refractivity contribution in [3.8, 4) is 5.69 Å². The molecule has 21 heavy (non-hydrogen) atoms. The fraction of sp³-hybridized carbons (Fsp3) is 0.333. The van der Waals surface area contributed by atoms with Crippen molar-refractivity contribution in [1.82, 2.24) is 9.55 Å². The van der Waals surface area contributed by atoms with Crippen LogP contribution in [0.4, 0.5) is 0 Å². The molecule has 0 saturated carbocycles. The normalized spacial score (nSPS) is 10.9. The summed E-state index contributed by atoms with van der Waals surface area (Å²) in [5.41, 5.74) is 2.04. The number of hydrogen-bond acceptors (Lipinski definition) is 2. The minimum atomic E-state index is -0.522. The zero-order valence-corrected chi connectivity index (χ0v) is 14.4. The number of aromatic nitrogens is 2. The van der Waals surface area contributed by atoms with Crippen LogP contribution in [0.25, 0.3) is 5.69 Å². The van der Waals surface area contributed by atoms with Crippen molar-refractivity contribution in [2.24, 2.45) is 0 Å². The summed E-state index contributed by atoms with van der Waals surface area (Å²) in [4.78, 5) is 27.2. The molecule has 6 heteroatoms. The van der Waals surface area contributed by atoms with Crippen molar-refractivity contribution < 1.29 is 0 Å². The van der Waals surface area contributed by atoms with Crippen molar-refractivity contribution >= 4 is 27.5 Å². The predicted molar refractivity (Wildman–Crippen MR) is 88.8 cm³/mol. The van der Waals surface area contributed by atoms with E-state index in [1.54, 1.807) is 12.1 Å². The van der Waals surface area contributed by atoms with Crippen LogP contribution in [0, 0.1) is 13.8 Å². The molecule has 0 amide bonds. The number of aryl methyl sites for hydroxylation is 2. The van der Waals surface area contributed by atoms with Gasteiger partial charge in [0.15, 0.2) is 0 Å². The lowest BCUT2D eigenvalue weighted by molar-refractivity contribution is 0.810. The fourth-order valence-electron chi connectivity index (χ4n) is 2.30. The highest BCUT2D eigenvalue weighted by atomic mass is 79.9. The summed E-state index contributed by atoms with van der Waals surface area (Å²) in [6, 6.07) is 3.61. The number of benzene rings is 1. The van der Waals surface area contributed by atoms with Crippen LogP contribution in [0.2, 0.25) is 5.15 Å². The first-order valence-electron chi connectivity index (χ1n) is 6.67. The maximum absolute atomic E-state index is 12.6. The number of nitrogens with zero attached hydrogens (tertiary/aromatic N) is 1. The van der Waals surface area contributed by atoms with E-state index in [0.29, 0.717) is 17.7 Å². The van der Waals surface area contributed by atoms with E-state index < -0.39 is 5.69 Å². The Kier molecular flexibility index (Phi) is 4.74. The summed E-state index contributed by atoms with van der Waals surface area (Å²) in [6.45, 7) is 5.80. The van der Waals surface area contributed by atoms with E-state index in [9.17, 15) is 9.59 Å². The van der Waals surface area contributed by atoms with E-state index in [-0.39, 0.29) is 10.7 Å². The predicted octanol–water partition coefficient (Wildman–Crippen LogP) is 3.51. The molecule has 0 fully saturated rings. The molecule has 0 aliphatic rings. The van der Waals surface area contributed by atoms with Crippen LogP contribution < -0.4 is 11.2 Å². The number of aromatic amines is 1. The number of rotatable bonds is 3. The molecule has 112 valence electrons. The lowest BCUT2D eigenvalue weighted by Gasteiger charge is -2.11. The molecule has 0 atom stereocenters. The highest BCUT2D eigenvalue weighted by Gasteiger charge is 2.14. The quantitative estimate of drug-likeness (QED) is 0.839. The molecule has 2 aromatic rings. The Labute approximate surface area is 135 Å². The minimum absolute atomic E-state index is 0.133. The monoisotopic (exact) mass is 370 g/mol. The third kappa shape index (κ3) is 2.99. The van der Waals surface area contributed by atoms with Gasteiger partial charge in [0.1, 0.15) is 5.15 Å². The van der Waals surface area contributed by atoms with Gasteiger partial charge in [-0.1, -0.05) is 40.9 Å². The average Bonchev–Trinajstić information content (AvgIpc) is 2.40. The molecular formula is C15H16BrClN2O2. The Morgan fingerprint density at radius 2 is 1.81 bits per heavy atom. The SMILES string of the molecule is CCCc1c(Cl)[nH]c(=O)n(-c2cc(C)c(Br)c(C)c2)c1=O. The molecule has 0 radical (unpaired) electrons. The summed E-state index contributed by atoms with van der Waals surface area (Å²) in [6.07, 6.45) is 1.31. The zero-order chi connectivity index (χ0) is 15.7. The van der Waals surface area contributed by atoms with Gasteiger partial charge in [0.05, 0.1) is 11.3 Å². The molecule has 0 bridgehead atoms. The standard InChI is InChI=1S/C15H16BrClN2O2/c1-4-5-11-13(17)18-15(21)19(14(11)20)10-6-8(2)12(16)9(3)7-10/h6-7H,4-5H2,1-3H3,(H,18,21). The Balaban J connectivity index is 2.78. The van der Waals surface area contributed by atoms with Crippen LogP contribution in [-0.4, -0.2) is 9.55 Å². The summed E-state index contributed by atoms with van der Waals surface area (Å²) in [7, 11) is 0. The molecule has 1 N–H and O–H groups in total. The van der Waals surface area contributed by atoms with E-state index in [0.717, 1.165) is 26.6 Å². The molecule has 1 heterocycles. The minimum Gasteiger partial charge on any atom is -0.297 e. The molecule has 4 nitrogen and oxygen atoms in total. The van der Waals surface area contributed by atoms with Crippen LogP contribution in [0.1, 0.15) is 30.0 Å². The highest BCUT2D eigenvalue weighted by molar-refractivity contribution is 9.10. The van der Waals surface area contributed by atoms with Crippen molar-refractivity contribution in [3.63, 3.8) is 0 Å². The first-order valence-corrected chi connectivity index (χ1v) is 7.84. The van der Waals surface area contributed by atoms with Gasteiger partial charge >= 0.3 is 5.69 Å². The average molecular weight is 372 g/mol. The van der Waals surface area contributed by atoms with Gasteiger partial charge in [0, 0.05) is 4.47 Å². The van der Waals surface area contributed by atoms with E-state index in [1.807, 2.05) is 20.8 Å². The van der Waals surface area contributed by atoms with E-state index in [1.165, 1.54) is 0 Å². The highest BCUT2D eigenvalue weighted by Crippen LogP contribution is 2.23. The Bertz CT molecular complexity index is 785. The second-order valence-electron chi connectivity index (χ2n) is 5.01. The fourth-order valence-corrected chi connectivity index (χ4v) is 2.78. The van der Waals surface area contributed by atoms with Gasteiger partial charge < -0.3 is 0 Å². The Hall–Kier alpha value is -1.33. The van der Waals surface area contributed by atoms with Gasteiger partial charge in [-0.2, -0.15) is 0 Å². The van der Waals surface area contributed by atoms with Gasteiger partial charge in [0.25, 0.3) is 5.56 Å². The second kappa shape index (κ2) is 6.20. The first-order chi connectivity index (χ1) is 9.86. The van der Waals surface area contributed by atoms with Crippen LogP contribution in [-0.2, 0) is 6.42 Å². The van der Waals surface area contributed by atoms with Crippen molar-refractivity contribution in [1.29, 1.82) is 0 Å². The number of halogens is 2. The topological polar surface area (TPSA) is 54.9 Å². The van der Waals surface area contributed by atoms with Crippen LogP contribution in [0.15, 0.2) is 26.2 Å². The molecular weight excluding hydrogens is 356 g/mol. The number of hydrogen-bond donors (Lipinski definition) is 1. The Morgan fingerprint density at radius 3 is 2.33 bits per heavy atom. The van der Waals surface area contributed by atoms with Gasteiger partial charge in [0.2, 0.25) is 0 Å². The molecule has 0 aliphatic heterocycles. The summed E-state index contributed by atoms with van der Waals surface area (Å²) >= 11 is 9.46. The first kappa shape index (κ1) is 16.0.